The van der Waals surface area contributed by atoms with Gasteiger partial charge in [0.15, 0.2) is 17.4 Å². The van der Waals surface area contributed by atoms with Gasteiger partial charge < -0.3 is 10.2 Å². The summed E-state index contributed by atoms with van der Waals surface area (Å²) in [6.45, 7) is 3.39. The molecule has 4 nitrogen and oxygen atoms in total. The number of hydrogen-bond acceptors (Lipinski definition) is 3. The van der Waals surface area contributed by atoms with Crippen molar-refractivity contribution in [2.45, 2.75) is 12.8 Å². The van der Waals surface area contributed by atoms with Crippen molar-refractivity contribution >= 4 is 11.7 Å². The number of fused-ring (bicyclic) bond motifs is 1. The molecule has 2 aliphatic heterocycles. The quantitative estimate of drug-likeness (QED) is 0.860. The lowest BCUT2D eigenvalue weighted by atomic mass is 10.0. The fourth-order valence-electron chi connectivity index (χ4n) is 3.25. The summed E-state index contributed by atoms with van der Waals surface area (Å²) in [7, 11) is 0. The third kappa shape index (κ3) is 3.02. The number of nitrogens with one attached hydrogen (secondary N) is 1. The van der Waals surface area contributed by atoms with E-state index >= 15 is 0 Å². The molecule has 0 radical (unpaired) electrons. The number of amides is 1. The van der Waals surface area contributed by atoms with Crippen LogP contribution in [0.4, 0.5) is 8.78 Å². The fourth-order valence-corrected chi connectivity index (χ4v) is 3.25. The summed E-state index contributed by atoms with van der Waals surface area (Å²) < 4.78 is 25.9. The lowest BCUT2D eigenvalue weighted by molar-refractivity contribution is -0.130. The van der Waals surface area contributed by atoms with E-state index in [0.717, 1.165) is 38.3 Å². The zero-order valence-corrected chi connectivity index (χ0v) is 12.1. The van der Waals surface area contributed by atoms with Gasteiger partial charge in [-0.3, -0.25) is 9.59 Å². The van der Waals surface area contributed by atoms with Crippen molar-refractivity contribution in [1.82, 2.24) is 10.2 Å². The molecule has 2 heterocycles. The number of halogens is 2. The summed E-state index contributed by atoms with van der Waals surface area (Å²) in [6, 6.07) is 3.06. The molecule has 2 fully saturated rings. The number of Topliss-reactive ketones (excluding diaryl/α,β-unsaturated/α-hetero) is 1. The van der Waals surface area contributed by atoms with E-state index in [1.165, 1.54) is 6.07 Å². The second kappa shape index (κ2) is 6.12. The average Bonchev–Trinajstić information content (AvgIpc) is 3.08. The van der Waals surface area contributed by atoms with E-state index in [-0.39, 0.29) is 30.1 Å². The summed E-state index contributed by atoms with van der Waals surface area (Å²) in [6.07, 6.45) is 0.138. The topological polar surface area (TPSA) is 49.4 Å². The highest BCUT2D eigenvalue weighted by molar-refractivity contribution is 5.97. The summed E-state index contributed by atoms with van der Waals surface area (Å²) in [5.41, 5.74) is 0.106. The van der Waals surface area contributed by atoms with Gasteiger partial charge in [0, 0.05) is 44.6 Å². The van der Waals surface area contributed by atoms with Crippen LogP contribution in [0.15, 0.2) is 18.2 Å². The molecule has 1 N–H and O–H groups in total. The normalized spacial score (nSPS) is 23.6. The highest BCUT2D eigenvalue weighted by Crippen LogP contribution is 2.26. The predicted octanol–water partition coefficient (Wildman–Crippen LogP) is 1.61. The molecule has 1 aromatic rings. The van der Waals surface area contributed by atoms with Crippen LogP contribution >= 0.6 is 0 Å². The highest BCUT2D eigenvalue weighted by atomic mass is 19.2. The van der Waals surface area contributed by atoms with Crippen molar-refractivity contribution in [2.24, 2.45) is 11.8 Å². The second-order valence-corrected chi connectivity index (χ2v) is 6.03. The molecule has 0 spiro atoms. The molecule has 0 aromatic heterocycles. The first-order valence-corrected chi connectivity index (χ1v) is 7.51. The van der Waals surface area contributed by atoms with Gasteiger partial charge in [-0.25, -0.2) is 8.78 Å². The van der Waals surface area contributed by atoms with Crippen molar-refractivity contribution in [1.29, 1.82) is 0 Å². The monoisotopic (exact) mass is 308 g/mol. The van der Waals surface area contributed by atoms with Crippen LogP contribution < -0.4 is 5.32 Å². The highest BCUT2D eigenvalue weighted by Gasteiger charge is 2.37. The number of likely N-dealkylation sites (tertiary alicyclic amines) is 1. The molecule has 118 valence electrons. The Morgan fingerprint density at radius 3 is 2.41 bits per heavy atom. The van der Waals surface area contributed by atoms with Crippen LogP contribution in [0, 0.1) is 23.5 Å². The SMILES string of the molecule is O=C(CCC(=O)N1C[C@H]2CNC[C@H]2C1)c1ccc(F)c(F)c1. The van der Waals surface area contributed by atoms with E-state index in [1.54, 1.807) is 0 Å². The second-order valence-electron chi connectivity index (χ2n) is 6.03. The minimum Gasteiger partial charge on any atom is -0.342 e. The first kappa shape index (κ1) is 15.1. The standard InChI is InChI=1S/C16H18F2N2O2/c17-13-2-1-10(5-14(13)18)15(21)3-4-16(22)20-8-11-6-19-7-12(11)9-20/h1-2,5,11-12,19H,3-4,6-9H2/t11-,12+. The Balaban J connectivity index is 1.52. The molecular weight excluding hydrogens is 290 g/mol. The van der Waals surface area contributed by atoms with Crippen LogP contribution in [0.5, 0.6) is 0 Å². The van der Waals surface area contributed by atoms with Crippen LogP contribution in [0.25, 0.3) is 0 Å². The summed E-state index contributed by atoms with van der Waals surface area (Å²) in [4.78, 5) is 25.9. The van der Waals surface area contributed by atoms with Gasteiger partial charge in [0.1, 0.15) is 0 Å². The zero-order valence-electron chi connectivity index (χ0n) is 12.1. The molecule has 2 atom stereocenters. The van der Waals surface area contributed by atoms with Crippen LogP contribution in [0.2, 0.25) is 0 Å². The first-order chi connectivity index (χ1) is 10.5. The minimum absolute atomic E-state index is 0.0218. The van der Waals surface area contributed by atoms with E-state index in [2.05, 4.69) is 5.32 Å². The van der Waals surface area contributed by atoms with Gasteiger partial charge in [-0.1, -0.05) is 0 Å². The van der Waals surface area contributed by atoms with E-state index in [9.17, 15) is 18.4 Å². The van der Waals surface area contributed by atoms with E-state index in [4.69, 9.17) is 0 Å². The summed E-state index contributed by atoms with van der Waals surface area (Å²) in [5.74, 6) is -1.36. The molecule has 6 heteroatoms. The average molecular weight is 308 g/mol. The smallest absolute Gasteiger partial charge is 0.223 e. The van der Waals surface area contributed by atoms with Gasteiger partial charge in [0.25, 0.3) is 0 Å². The molecule has 2 saturated heterocycles. The maximum Gasteiger partial charge on any atom is 0.223 e. The Bertz CT molecular complexity index is 594. The predicted molar refractivity (Wildman–Crippen MR) is 76.4 cm³/mol. The van der Waals surface area contributed by atoms with Gasteiger partial charge in [-0.2, -0.15) is 0 Å². The Hall–Kier alpha value is -1.82. The third-order valence-electron chi connectivity index (χ3n) is 4.55. The number of carbonyl (C=O) groups excluding carboxylic acids is 2. The van der Waals surface area contributed by atoms with Crippen LogP contribution in [-0.4, -0.2) is 42.8 Å². The zero-order chi connectivity index (χ0) is 15.7. The largest absolute Gasteiger partial charge is 0.342 e. The Morgan fingerprint density at radius 1 is 1.09 bits per heavy atom. The van der Waals surface area contributed by atoms with Crippen LogP contribution in [-0.2, 0) is 4.79 Å². The van der Waals surface area contributed by atoms with Gasteiger partial charge in [0.05, 0.1) is 0 Å². The number of hydrogen-bond donors (Lipinski definition) is 1. The molecule has 0 bridgehead atoms. The molecule has 0 unspecified atom stereocenters. The van der Waals surface area contributed by atoms with Gasteiger partial charge in [0.2, 0.25) is 5.91 Å². The summed E-state index contributed by atoms with van der Waals surface area (Å²) >= 11 is 0. The molecule has 2 aliphatic rings. The van der Waals surface area contributed by atoms with E-state index in [1.807, 2.05) is 4.90 Å². The van der Waals surface area contributed by atoms with Gasteiger partial charge >= 0.3 is 0 Å². The maximum atomic E-state index is 13.1. The van der Waals surface area contributed by atoms with Crippen molar-refractivity contribution in [2.75, 3.05) is 26.2 Å². The molecule has 3 rings (SSSR count). The van der Waals surface area contributed by atoms with Gasteiger partial charge in [-0.15, -0.1) is 0 Å². The van der Waals surface area contributed by atoms with Crippen molar-refractivity contribution in [3.8, 4) is 0 Å². The molecule has 1 amide bonds. The van der Waals surface area contributed by atoms with Crippen molar-refractivity contribution in [3.63, 3.8) is 0 Å². The Labute approximate surface area is 127 Å². The van der Waals surface area contributed by atoms with E-state index < -0.39 is 11.6 Å². The fraction of sp³-hybridized carbons (Fsp3) is 0.500. The number of rotatable bonds is 4. The molecule has 0 aliphatic carbocycles. The molecular formula is C16H18F2N2O2. The Kier molecular flexibility index (Phi) is 4.20. The number of benzene rings is 1. The summed E-state index contributed by atoms with van der Waals surface area (Å²) in [5, 5.41) is 3.31. The Morgan fingerprint density at radius 2 is 1.77 bits per heavy atom. The lowest BCUT2D eigenvalue weighted by Gasteiger charge is -2.17. The van der Waals surface area contributed by atoms with E-state index in [0.29, 0.717) is 11.8 Å². The van der Waals surface area contributed by atoms with Crippen LogP contribution in [0.3, 0.4) is 0 Å². The van der Waals surface area contributed by atoms with Gasteiger partial charge in [-0.05, 0) is 30.0 Å². The molecule has 22 heavy (non-hydrogen) atoms. The maximum absolute atomic E-state index is 13.1. The van der Waals surface area contributed by atoms with Crippen molar-refractivity contribution < 1.29 is 18.4 Å². The molecule has 0 saturated carbocycles. The lowest BCUT2D eigenvalue weighted by Crippen LogP contribution is -2.32. The first-order valence-electron chi connectivity index (χ1n) is 7.51. The number of ketones is 1. The van der Waals surface area contributed by atoms with Crippen molar-refractivity contribution in [3.05, 3.63) is 35.4 Å². The molecule has 1 aromatic carbocycles. The minimum atomic E-state index is -1.04. The van der Waals surface area contributed by atoms with Crippen LogP contribution in [0.1, 0.15) is 23.2 Å². The third-order valence-corrected chi connectivity index (χ3v) is 4.55. The number of nitrogens with zero attached hydrogens (tertiary/aromatic N) is 1. The number of carbonyl (C=O) groups is 2.